The largest absolute Gasteiger partial charge is 0.497 e. The Morgan fingerprint density at radius 1 is 1.02 bits per heavy atom. The molecule has 1 heterocycles. The first-order valence-corrected chi connectivity index (χ1v) is 14.2. The van der Waals surface area contributed by atoms with Crippen molar-refractivity contribution in [1.82, 2.24) is 9.80 Å². The Morgan fingerprint density at radius 2 is 1.71 bits per heavy atom. The Balaban J connectivity index is 2.04. The molecule has 0 spiro atoms. The Bertz CT molecular complexity index is 1080. The van der Waals surface area contributed by atoms with Crippen LogP contribution in [0.3, 0.4) is 0 Å². The van der Waals surface area contributed by atoms with Crippen LogP contribution in [0.1, 0.15) is 49.0 Å². The van der Waals surface area contributed by atoms with E-state index in [-0.39, 0.29) is 44.0 Å². The van der Waals surface area contributed by atoms with E-state index in [1.54, 1.807) is 60.5 Å². The predicted molar refractivity (Wildman–Crippen MR) is 153 cm³/mol. The number of rotatable bonds is 7. The molecule has 0 radical (unpaired) electrons. The predicted octanol–water partition coefficient (Wildman–Crippen LogP) is 1.83. The van der Waals surface area contributed by atoms with E-state index in [2.05, 4.69) is 0 Å². The minimum absolute atomic E-state index is 0.0720. The van der Waals surface area contributed by atoms with Gasteiger partial charge in [-0.15, -0.1) is 0 Å². The molecule has 2 aromatic rings. The van der Waals surface area contributed by atoms with Crippen LogP contribution in [0.4, 0.5) is 0 Å². The van der Waals surface area contributed by atoms with E-state index >= 15 is 0 Å². The summed E-state index contributed by atoms with van der Waals surface area (Å²) >= 11 is 0. The third-order valence-corrected chi connectivity index (χ3v) is 7.32. The highest BCUT2D eigenvalue weighted by Gasteiger charge is 2.38. The number of ether oxygens (including phenoxy) is 2. The Kier molecular flexibility index (Phi) is 12.6. The van der Waals surface area contributed by atoms with E-state index in [0.29, 0.717) is 30.6 Å². The minimum Gasteiger partial charge on any atom is -0.497 e. The monoisotopic (exact) mass is 572 g/mol. The SMILES string of the molecule is COc1ccc(CN2C[C@H](O)[C@@H](O)[C@H](O)[C@@H](CO)OCCCCN(C(=O)c3ccccc3)[C@@H](CC(C)C)C2=O)cc1. The summed E-state index contributed by atoms with van der Waals surface area (Å²) in [7, 11) is 1.56. The quantitative estimate of drug-likeness (QED) is 0.394. The third-order valence-electron chi connectivity index (χ3n) is 7.32. The molecule has 1 aliphatic rings. The summed E-state index contributed by atoms with van der Waals surface area (Å²) in [6.45, 7) is 3.62. The van der Waals surface area contributed by atoms with Crippen LogP contribution in [0, 0.1) is 5.92 Å². The Morgan fingerprint density at radius 3 is 2.32 bits per heavy atom. The Labute approximate surface area is 242 Å². The number of nitrogens with zero attached hydrogens (tertiary/aromatic N) is 2. The molecule has 3 rings (SSSR count). The summed E-state index contributed by atoms with van der Waals surface area (Å²) in [5.41, 5.74) is 1.22. The lowest BCUT2D eigenvalue weighted by Crippen LogP contribution is -2.56. The number of methoxy groups -OCH3 is 1. The second kappa shape index (κ2) is 15.8. The highest BCUT2D eigenvalue weighted by atomic mass is 16.5. The molecule has 0 bridgehead atoms. The molecule has 0 unspecified atom stereocenters. The van der Waals surface area contributed by atoms with Crippen LogP contribution in [0.2, 0.25) is 0 Å². The topological polar surface area (TPSA) is 140 Å². The van der Waals surface area contributed by atoms with E-state index < -0.39 is 37.1 Å². The number of aliphatic hydroxyl groups excluding tert-OH is 4. The smallest absolute Gasteiger partial charge is 0.254 e. The molecule has 5 atom stereocenters. The molecular formula is C31H44N2O8. The molecule has 0 saturated carbocycles. The Hall–Kier alpha value is -3.02. The number of hydrogen-bond acceptors (Lipinski definition) is 8. The molecule has 0 aliphatic carbocycles. The van der Waals surface area contributed by atoms with Crippen molar-refractivity contribution in [3.63, 3.8) is 0 Å². The van der Waals surface area contributed by atoms with Crippen molar-refractivity contribution >= 4 is 11.8 Å². The molecule has 2 aromatic carbocycles. The summed E-state index contributed by atoms with van der Waals surface area (Å²) in [5, 5.41) is 42.2. The van der Waals surface area contributed by atoms with Crippen molar-refractivity contribution in [3.8, 4) is 5.75 Å². The molecule has 1 aliphatic heterocycles. The van der Waals surface area contributed by atoms with Crippen molar-refractivity contribution in [3.05, 3.63) is 65.7 Å². The second-order valence-electron chi connectivity index (χ2n) is 10.9. The van der Waals surface area contributed by atoms with Crippen LogP contribution in [0.25, 0.3) is 0 Å². The lowest BCUT2D eigenvalue weighted by molar-refractivity contribution is -0.150. The van der Waals surface area contributed by atoms with Gasteiger partial charge < -0.3 is 39.7 Å². The fourth-order valence-corrected chi connectivity index (χ4v) is 5.01. The van der Waals surface area contributed by atoms with E-state index in [0.717, 1.165) is 5.56 Å². The molecule has 4 N–H and O–H groups in total. The van der Waals surface area contributed by atoms with Crippen molar-refractivity contribution in [2.24, 2.45) is 5.92 Å². The van der Waals surface area contributed by atoms with Gasteiger partial charge in [0.25, 0.3) is 5.91 Å². The van der Waals surface area contributed by atoms with Gasteiger partial charge in [-0.25, -0.2) is 0 Å². The van der Waals surface area contributed by atoms with Gasteiger partial charge in [0.2, 0.25) is 5.91 Å². The normalized spacial score (nSPS) is 25.2. The lowest BCUT2D eigenvalue weighted by Gasteiger charge is -2.38. The molecule has 226 valence electrons. The average Bonchev–Trinajstić information content (AvgIpc) is 2.98. The van der Waals surface area contributed by atoms with Crippen molar-refractivity contribution < 1.29 is 39.5 Å². The van der Waals surface area contributed by atoms with Gasteiger partial charge in [-0.3, -0.25) is 9.59 Å². The average molecular weight is 573 g/mol. The maximum Gasteiger partial charge on any atom is 0.254 e. The van der Waals surface area contributed by atoms with E-state index in [9.17, 15) is 30.0 Å². The first kappa shape index (κ1) is 32.5. The molecule has 41 heavy (non-hydrogen) atoms. The summed E-state index contributed by atoms with van der Waals surface area (Å²) in [6, 6.07) is 15.1. The van der Waals surface area contributed by atoms with Crippen LogP contribution < -0.4 is 4.74 Å². The van der Waals surface area contributed by atoms with Crippen molar-refractivity contribution in [2.45, 2.75) is 70.1 Å². The fraction of sp³-hybridized carbons (Fsp3) is 0.548. The van der Waals surface area contributed by atoms with Gasteiger partial charge in [-0.05, 0) is 55.0 Å². The number of hydrogen-bond donors (Lipinski definition) is 4. The first-order valence-electron chi connectivity index (χ1n) is 14.2. The molecular weight excluding hydrogens is 528 g/mol. The molecule has 0 aromatic heterocycles. The first-order chi connectivity index (χ1) is 19.7. The van der Waals surface area contributed by atoms with Crippen LogP contribution in [0.5, 0.6) is 5.75 Å². The molecule has 1 saturated heterocycles. The molecule has 1 fully saturated rings. The zero-order valence-corrected chi connectivity index (χ0v) is 24.1. The number of carbonyl (C=O) groups excluding carboxylic acids is 2. The highest BCUT2D eigenvalue weighted by Crippen LogP contribution is 2.22. The number of aliphatic hydroxyl groups is 4. The van der Waals surface area contributed by atoms with Crippen LogP contribution in [-0.4, -0.2) is 106 Å². The van der Waals surface area contributed by atoms with Crippen LogP contribution in [0.15, 0.2) is 54.6 Å². The van der Waals surface area contributed by atoms with Gasteiger partial charge >= 0.3 is 0 Å². The minimum atomic E-state index is -1.69. The molecule has 10 nitrogen and oxygen atoms in total. The second-order valence-corrected chi connectivity index (χ2v) is 10.9. The summed E-state index contributed by atoms with van der Waals surface area (Å²) in [5.74, 6) is 0.0764. The van der Waals surface area contributed by atoms with Gasteiger partial charge in [0.15, 0.2) is 0 Å². The number of β-amino-alcohol motifs (C(OH)–C–C–N with tert-alkyl or cyclic N) is 1. The fourth-order valence-electron chi connectivity index (χ4n) is 5.01. The van der Waals surface area contributed by atoms with Gasteiger partial charge in [-0.1, -0.05) is 44.2 Å². The van der Waals surface area contributed by atoms with E-state index in [1.807, 2.05) is 19.9 Å². The van der Waals surface area contributed by atoms with Crippen molar-refractivity contribution in [1.29, 1.82) is 0 Å². The molecule has 10 heteroatoms. The maximum atomic E-state index is 14.4. The zero-order valence-electron chi connectivity index (χ0n) is 24.1. The summed E-state index contributed by atoms with van der Waals surface area (Å²) < 4.78 is 10.9. The van der Waals surface area contributed by atoms with Gasteiger partial charge in [0.05, 0.1) is 13.7 Å². The zero-order chi connectivity index (χ0) is 29.9. The van der Waals surface area contributed by atoms with E-state index in [1.165, 1.54) is 4.90 Å². The van der Waals surface area contributed by atoms with Gasteiger partial charge in [0, 0.05) is 31.8 Å². The van der Waals surface area contributed by atoms with Crippen LogP contribution in [-0.2, 0) is 16.1 Å². The summed E-state index contributed by atoms with van der Waals surface area (Å²) in [4.78, 5) is 31.2. The van der Waals surface area contributed by atoms with Gasteiger partial charge in [0.1, 0.15) is 36.2 Å². The van der Waals surface area contributed by atoms with Gasteiger partial charge in [-0.2, -0.15) is 0 Å². The highest BCUT2D eigenvalue weighted by molar-refractivity contribution is 5.97. The van der Waals surface area contributed by atoms with E-state index in [4.69, 9.17) is 9.47 Å². The molecule has 2 amide bonds. The number of benzene rings is 2. The van der Waals surface area contributed by atoms with Crippen LogP contribution >= 0.6 is 0 Å². The summed E-state index contributed by atoms with van der Waals surface area (Å²) in [6.07, 6.45) is -4.54. The number of carbonyl (C=O) groups is 2. The van der Waals surface area contributed by atoms with Crippen molar-refractivity contribution in [2.75, 3.05) is 33.4 Å². The lowest BCUT2D eigenvalue weighted by atomic mass is 9.97. The maximum absolute atomic E-state index is 14.4. The number of amides is 2. The standard InChI is InChI=1S/C31H44N2O8/c1-21(2)17-25-31(39)32(18-22-11-13-24(40-3)14-12-22)19-26(35)28(36)29(37)27(20-34)41-16-8-7-15-33(25)30(38)23-9-5-4-6-10-23/h4-6,9-14,21,25-29,34-37H,7-8,15-20H2,1-3H3/t25-,26-,27+,28+,29+/m0/s1. The third kappa shape index (κ3) is 8.98.